The number of aromatic nitrogens is 3. The third kappa shape index (κ3) is 1.54. The monoisotopic (exact) mass is 186 g/mol. The minimum atomic E-state index is 0.283. The van der Waals surface area contributed by atoms with Crippen LogP contribution in [-0.4, -0.2) is 15.0 Å². The van der Waals surface area contributed by atoms with E-state index in [2.05, 4.69) is 15.0 Å². The number of pyridine rings is 1. The van der Waals surface area contributed by atoms with Gasteiger partial charge in [-0.3, -0.25) is 4.98 Å². The molecular weight excluding hydrogens is 176 g/mol. The molecule has 4 heteroatoms. The Labute approximate surface area is 81.9 Å². The van der Waals surface area contributed by atoms with Crippen LogP contribution in [0.15, 0.2) is 30.6 Å². The molecule has 0 spiro atoms. The molecule has 0 aliphatic carbocycles. The van der Waals surface area contributed by atoms with Crippen LogP contribution in [0.2, 0.25) is 0 Å². The van der Waals surface area contributed by atoms with Gasteiger partial charge in [-0.15, -0.1) is 0 Å². The van der Waals surface area contributed by atoms with Crippen LogP contribution in [0.3, 0.4) is 0 Å². The lowest BCUT2D eigenvalue weighted by Crippen LogP contribution is -1.96. The summed E-state index contributed by atoms with van der Waals surface area (Å²) in [6.07, 6.45) is 3.40. The predicted octanol–water partition coefficient (Wildman–Crippen LogP) is 1.43. The molecule has 0 aliphatic rings. The molecule has 2 aromatic rings. The zero-order chi connectivity index (χ0) is 9.97. The summed E-state index contributed by atoms with van der Waals surface area (Å²) in [5.41, 5.74) is 8.24. The van der Waals surface area contributed by atoms with Crippen molar-refractivity contribution < 1.29 is 0 Å². The maximum absolute atomic E-state index is 5.50. The molecule has 70 valence electrons. The van der Waals surface area contributed by atoms with E-state index in [4.69, 9.17) is 5.73 Å². The number of aryl methyl sites for hydroxylation is 1. The van der Waals surface area contributed by atoms with Crippen LogP contribution in [0.25, 0.3) is 11.3 Å². The first-order valence-electron chi connectivity index (χ1n) is 4.28. The highest BCUT2D eigenvalue weighted by molar-refractivity contribution is 5.61. The molecule has 2 rings (SSSR count). The van der Waals surface area contributed by atoms with Gasteiger partial charge in [0.25, 0.3) is 0 Å². The Bertz CT molecular complexity index is 453. The molecule has 0 bridgehead atoms. The molecule has 0 unspecified atom stereocenters. The lowest BCUT2D eigenvalue weighted by atomic mass is 10.1. The average Bonchev–Trinajstić information content (AvgIpc) is 2.18. The summed E-state index contributed by atoms with van der Waals surface area (Å²) in [5.74, 6) is 0.283. The smallest absolute Gasteiger partial charge is 0.220 e. The Balaban J connectivity index is 2.55. The maximum Gasteiger partial charge on any atom is 0.220 e. The van der Waals surface area contributed by atoms with Gasteiger partial charge in [0, 0.05) is 23.7 Å². The summed E-state index contributed by atoms with van der Waals surface area (Å²) in [6, 6.07) is 5.66. The number of hydrogen-bond acceptors (Lipinski definition) is 4. The minimum absolute atomic E-state index is 0.283. The van der Waals surface area contributed by atoms with E-state index in [9.17, 15) is 0 Å². The summed E-state index contributed by atoms with van der Waals surface area (Å²) in [6.45, 7) is 1.94. The van der Waals surface area contributed by atoms with E-state index in [0.717, 1.165) is 17.0 Å². The molecular formula is C10H10N4. The average molecular weight is 186 g/mol. The summed E-state index contributed by atoms with van der Waals surface area (Å²) < 4.78 is 0. The fraction of sp³-hybridized carbons (Fsp3) is 0.100. The third-order valence-corrected chi connectivity index (χ3v) is 1.96. The molecule has 2 N–H and O–H groups in total. The first-order valence-corrected chi connectivity index (χ1v) is 4.28. The van der Waals surface area contributed by atoms with E-state index in [0.29, 0.717) is 0 Å². The number of rotatable bonds is 1. The van der Waals surface area contributed by atoms with E-state index in [1.54, 1.807) is 12.4 Å². The highest BCUT2D eigenvalue weighted by atomic mass is 15.0. The van der Waals surface area contributed by atoms with Crippen LogP contribution in [0, 0.1) is 6.92 Å². The van der Waals surface area contributed by atoms with Crippen LogP contribution in [-0.2, 0) is 0 Å². The van der Waals surface area contributed by atoms with E-state index in [1.165, 1.54) is 0 Å². The van der Waals surface area contributed by atoms with Crippen LogP contribution in [0.5, 0.6) is 0 Å². The zero-order valence-corrected chi connectivity index (χ0v) is 7.81. The van der Waals surface area contributed by atoms with Crippen molar-refractivity contribution in [3.63, 3.8) is 0 Å². The lowest BCUT2D eigenvalue weighted by molar-refractivity contribution is 1.15. The Morgan fingerprint density at radius 3 is 2.71 bits per heavy atom. The van der Waals surface area contributed by atoms with Crippen LogP contribution in [0.1, 0.15) is 5.69 Å². The highest BCUT2D eigenvalue weighted by Gasteiger charge is 2.03. The number of anilines is 1. The van der Waals surface area contributed by atoms with Gasteiger partial charge in [-0.25, -0.2) is 9.97 Å². The van der Waals surface area contributed by atoms with Gasteiger partial charge in [0.1, 0.15) is 0 Å². The first-order chi connectivity index (χ1) is 6.77. The second kappa shape index (κ2) is 3.41. The van der Waals surface area contributed by atoms with Crippen LogP contribution in [0.4, 0.5) is 5.95 Å². The van der Waals surface area contributed by atoms with Crippen LogP contribution < -0.4 is 5.73 Å². The largest absolute Gasteiger partial charge is 0.368 e. The van der Waals surface area contributed by atoms with Crippen LogP contribution >= 0.6 is 0 Å². The maximum atomic E-state index is 5.50. The number of nitrogens with zero attached hydrogens (tertiary/aromatic N) is 3. The van der Waals surface area contributed by atoms with Crippen molar-refractivity contribution in [1.82, 2.24) is 15.0 Å². The standard InChI is InChI=1S/C10H10N4/c1-7-8(3-2-5-12-7)9-4-6-13-10(11)14-9/h2-6H,1H3,(H2,11,13,14). The van der Waals surface area contributed by atoms with Gasteiger partial charge in [0.15, 0.2) is 0 Å². The van der Waals surface area contributed by atoms with Crippen molar-refractivity contribution in [1.29, 1.82) is 0 Å². The molecule has 0 saturated heterocycles. The Kier molecular flexibility index (Phi) is 2.10. The fourth-order valence-corrected chi connectivity index (χ4v) is 1.28. The Morgan fingerprint density at radius 2 is 2.00 bits per heavy atom. The SMILES string of the molecule is Cc1ncccc1-c1ccnc(N)n1. The third-order valence-electron chi connectivity index (χ3n) is 1.96. The number of nitrogens with two attached hydrogens (primary N) is 1. The summed E-state index contributed by atoms with van der Waals surface area (Å²) in [7, 11) is 0. The Morgan fingerprint density at radius 1 is 1.14 bits per heavy atom. The van der Waals surface area contributed by atoms with Gasteiger partial charge in [-0.2, -0.15) is 0 Å². The Hall–Kier alpha value is -1.97. The van der Waals surface area contributed by atoms with Crippen molar-refractivity contribution in [3.05, 3.63) is 36.3 Å². The predicted molar refractivity (Wildman–Crippen MR) is 54.4 cm³/mol. The van der Waals surface area contributed by atoms with E-state index in [1.807, 2.05) is 25.1 Å². The zero-order valence-electron chi connectivity index (χ0n) is 7.81. The van der Waals surface area contributed by atoms with Gasteiger partial charge in [-0.1, -0.05) is 0 Å². The van der Waals surface area contributed by atoms with E-state index in [-0.39, 0.29) is 5.95 Å². The van der Waals surface area contributed by atoms with Crippen molar-refractivity contribution >= 4 is 5.95 Å². The molecule has 0 amide bonds. The van der Waals surface area contributed by atoms with Gasteiger partial charge in [0.05, 0.1) is 5.69 Å². The first kappa shape index (κ1) is 8.62. The number of hydrogen-bond donors (Lipinski definition) is 1. The molecule has 4 nitrogen and oxygen atoms in total. The van der Waals surface area contributed by atoms with E-state index < -0.39 is 0 Å². The fourth-order valence-electron chi connectivity index (χ4n) is 1.28. The second-order valence-electron chi connectivity index (χ2n) is 2.94. The van der Waals surface area contributed by atoms with Crippen molar-refractivity contribution in [2.75, 3.05) is 5.73 Å². The van der Waals surface area contributed by atoms with Gasteiger partial charge in [-0.05, 0) is 25.1 Å². The quantitative estimate of drug-likeness (QED) is 0.731. The minimum Gasteiger partial charge on any atom is -0.368 e. The van der Waals surface area contributed by atoms with Gasteiger partial charge < -0.3 is 5.73 Å². The molecule has 0 radical (unpaired) electrons. The van der Waals surface area contributed by atoms with Gasteiger partial charge >= 0.3 is 0 Å². The number of nitrogen functional groups attached to an aromatic ring is 1. The molecule has 0 atom stereocenters. The highest BCUT2D eigenvalue weighted by Crippen LogP contribution is 2.18. The molecule has 0 aliphatic heterocycles. The normalized spacial score (nSPS) is 10.1. The molecule has 2 aromatic heterocycles. The summed E-state index contributed by atoms with van der Waals surface area (Å²) >= 11 is 0. The topological polar surface area (TPSA) is 64.7 Å². The molecule has 0 saturated carbocycles. The second-order valence-corrected chi connectivity index (χ2v) is 2.94. The molecule has 0 fully saturated rings. The summed E-state index contributed by atoms with van der Waals surface area (Å²) in [5, 5.41) is 0. The lowest BCUT2D eigenvalue weighted by Gasteiger charge is -2.03. The van der Waals surface area contributed by atoms with Crippen molar-refractivity contribution in [2.45, 2.75) is 6.92 Å². The van der Waals surface area contributed by atoms with Crippen molar-refractivity contribution in [3.8, 4) is 11.3 Å². The van der Waals surface area contributed by atoms with Crippen molar-refractivity contribution in [2.24, 2.45) is 0 Å². The molecule has 0 aromatic carbocycles. The molecule has 2 heterocycles. The molecule has 14 heavy (non-hydrogen) atoms. The van der Waals surface area contributed by atoms with Gasteiger partial charge in [0.2, 0.25) is 5.95 Å². The van der Waals surface area contributed by atoms with E-state index >= 15 is 0 Å². The summed E-state index contributed by atoms with van der Waals surface area (Å²) in [4.78, 5) is 12.2.